The van der Waals surface area contributed by atoms with E-state index in [1.54, 1.807) is 0 Å². The van der Waals surface area contributed by atoms with Crippen molar-refractivity contribution in [1.82, 2.24) is 10.2 Å². The van der Waals surface area contributed by atoms with E-state index in [1.807, 2.05) is 0 Å². The number of nitrogens with one attached hydrogen (secondary N) is 1. The van der Waals surface area contributed by atoms with Gasteiger partial charge in [0.25, 0.3) is 0 Å². The zero-order chi connectivity index (χ0) is 13.3. The Balaban J connectivity index is 1.84. The largest absolute Gasteiger partial charge is 0.309 e. The lowest BCUT2D eigenvalue weighted by atomic mass is 9.93. The van der Waals surface area contributed by atoms with Crippen LogP contribution in [0.25, 0.3) is 0 Å². The molecule has 2 fully saturated rings. The normalized spacial score (nSPS) is 31.5. The Morgan fingerprint density at radius 2 is 2.05 bits per heavy atom. The van der Waals surface area contributed by atoms with Crippen molar-refractivity contribution in [3.05, 3.63) is 35.9 Å². The van der Waals surface area contributed by atoms with Crippen molar-refractivity contribution in [3.8, 4) is 0 Å². The number of benzene rings is 1. The molecule has 0 spiro atoms. The average molecular weight is 276 g/mol. The van der Waals surface area contributed by atoms with Crippen molar-refractivity contribution in [3.63, 3.8) is 0 Å². The first kappa shape index (κ1) is 13.5. The van der Waals surface area contributed by atoms with Gasteiger partial charge in [-0.3, -0.25) is 4.90 Å². The van der Waals surface area contributed by atoms with Crippen molar-refractivity contribution in [2.24, 2.45) is 0 Å². The molecule has 0 bridgehead atoms. The molecule has 0 saturated carbocycles. The van der Waals surface area contributed by atoms with Crippen LogP contribution < -0.4 is 5.32 Å². The summed E-state index contributed by atoms with van der Waals surface area (Å²) in [4.78, 5) is 2.76. The van der Waals surface area contributed by atoms with Crippen LogP contribution in [0.15, 0.2) is 30.3 Å². The van der Waals surface area contributed by atoms with Crippen LogP contribution >= 0.6 is 11.8 Å². The highest BCUT2D eigenvalue weighted by Crippen LogP contribution is 2.33. The molecule has 3 rings (SSSR count). The minimum absolute atomic E-state index is 0.235. The third-order valence-corrected chi connectivity index (χ3v) is 5.46. The Morgan fingerprint density at radius 3 is 2.74 bits per heavy atom. The van der Waals surface area contributed by atoms with Crippen LogP contribution in [0, 0.1) is 0 Å². The van der Waals surface area contributed by atoms with E-state index in [1.165, 1.54) is 23.5 Å². The second kappa shape index (κ2) is 5.47. The van der Waals surface area contributed by atoms with Crippen LogP contribution in [0.2, 0.25) is 0 Å². The van der Waals surface area contributed by atoms with Crippen LogP contribution in [0.4, 0.5) is 0 Å². The zero-order valence-electron chi connectivity index (χ0n) is 11.9. The fourth-order valence-electron chi connectivity index (χ4n) is 3.26. The van der Waals surface area contributed by atoms with Crippen LogP contribution in [0.5, 0.6) is 0 Å². The summed E-state index contributed by atoms with van der Waals surface area (Å²) >= 11 is 2.11. The third-order valence-electron chi connectivity index (χ3n) is 4.31. The van der Waals surface area contributed by atoms with Gasteiger partial charge >= 0.3 is 0 Å². The highest BCUT2D eigenvalue weighted by molar-refractivity contribution is 7.99. The maximum absolute atomic E-state index is 3.71. The highest BCUT2D eigenvalue weighted by atomic mass is 32.2. The lowest BCUT2D eigenvalue weighted by Crippen LogP contribution is -2.60. The molecule has 2 unspecified atom stereocenters. The van der Waals surface area contributed by atoms with E-state index < -0.39 is 0 Å². The third kappa shape index (κ3) is 2.99. The van der Waals surface area contributed by atoms with E-state index in [0.717, 1.165) is 19.1 Å². The van der Waals surface area contributed by atoms with Gasteiger partial charge in [0.15, 0.2) is 0 Å². The molecule has 3 heteroatoms. The highest BCUT2D eigenvalue weighted by Gasteiger charge is 2.37. The average Bonchev–Trinajstić information content (AvgIpc) is 2.92. The number of piperazine rings is 1. The summed E-state index contributed by atoms with van der Waals surface area (Å²) in [5, 5.41) is 3.71. The topological polar surface area (TPSA) is 15.3 Å². The Kier molecular flexibility index (Phi) is 3.88. The Labute approximate surface area is 121 Å². The first-order chi connectivity index (χ1) is 9.16. The van der Waals surface area contributed by atoms with Crippen molar-refractivity contribution in [1.29, 1.82) is 0 Å². The van der Waals surface area contributed by atoms with Gasteiger partial charge in [-0.2, -0.15) is 11.8 Å². The number of hydrogen-bond donors (Lipinski definition) is 1. The maximum Gasteiger partial charge on any atom is 0.0476 e. The fourth-order valence-corrected chi connectivity index (χ4v) is 4.50. The quantitative estimate of drug-likeness (QED) is 0.894. The molecule has 1 N–H and O–H groups in total. The summed E-state index contributed by atoms with van der Waals surface area (Å²) in [6.07, 6.45) is 1.35. The Morgan fingerprint density at radius 1 is 1.26 bits per heavy atom. The molecule has 19 heavy (non-hydrogen) atoms. The van der Waals surface area contributed by atoms with Gasteiger partial charge in [-0.25, -0.2) is 0 Å². The molecule has 2 aliphatic heterocycles. The summed E-state index contributed by atoms with van der Waals surface area (Å²) in [6, 6.07) is 12.3. The Bertz CT molecular complexity index is 412. The molecule has 0 aliphatic carbocycles. The summed E-state index contributed by atoms with van der Waals surface area (Å²) in [6.45, 7) is 6.86. The second-order valence-corrected chi connectivity index (χ2v) is 7.53. The maximum atomic E-state index is 3.71. The number of nitrogens with zero attached hydrogens (tertiary/aromatic N) is 1. The van der Waals surface area contributed by atoms with Gasteiger partial charge in [-0.1, -0.05) is 30.3 Å². The van der Waals surface area contributed by atoms with E-state index in [0.29, 0.717) is 6.04 Å². The van der Waals surface area contributed by atoms with Gasteiger partial charge in [-0.05, 0) is 31.6 Å². The molecule has 2 heterocycles. The predicted octanol–water partition coefficient (Wildman–Crippen LogP) is 2.92. The number of hydrogen-bond acceptors (Lipinski definition) is 3. The van der Waals surface area contributed by atoms with Gasteiger partial charge in [-0.15, -0.1) is 0 Å². The molecule has 0 aromatic heterocycles. The smallest absolute Gasteiger partial charge is 0.0476 e. The van der Waals surface area contributed by atoms with Gasteiger partial charge in [0.1, 0.15) is 0 Å². The molecule has 1 aromatic carbocycles. The minimum atomic E-state index is 0.235. The summed E-state index contributed by atoms with van der Waals surface area (Å²) in [7, 11) is 0. The first-order valence-electron chi connectivity index (χ1n) is 7.29. The first-order valence-corrected chi connectivity index (χ1v) is 8.45. The Hall–Kier alpha value is -0.510. The monoisotopic (exact) mass is 276 g/mol. The molecule has 0 amide bonds. The molecule has 0 radical (unpaired) electrons. The number of rotatable bonds is 2. The predicted molar refractivity (Wildman–Crippen MR) is 83.7 cm³/mol. The van der Waals surface area contributed by atoms with Gasteiger partial charge in [0.05, 0.1) is 0 Å². The summed E-state index contributed by atoms with van der Waals surface area (Å²) < 4.78 is 0. The van der Waals surface area contributed by atoms with Crippen LogP contribution in [-0.4, -0.2) is 41.1 Å². The van der Waals surface area contributed by atoms with E-state index in [9.17, 15) is 0 Å². The molecule has 2 saturated heterocycles. The molecule has 2 aliphatic rings. The van der Waals surface area contributed by atoms with Crippen LogP contribution in [0.3, 0.4) is 0 Å². The molecule has 2 atom stereocenters. The molecular weight excluding hydrogens is 252 g/mol. The molecule has 104 valence electrons. The van der Waals surface area contributed by atoms with Gasteiger partial charge in [0, 0.05) is 36.5 Å². The summed E-state index contributed by atoms with van der Waals surface area (Å²) in [5.74, 6) is 2.63. The summed E-state index contributed by atoms with van der Waals surface area (Å²) in [5.41, 5.74) is 1.70. The lowest BCUT2D eigenvalue weighted by Gasteiger charge is -2.47. The lowest BCUT2D eigenvalue weighted by molar-refractivity contribution is 0.0626. The molecule has 1 aromatic rings. The SMILES string of the molecule is CC1(C)CN(C2CCSC2)C(c2ccccc2)CN1. The van der Waals surface area contributed by atoms with E-state index in [2.05, 4.69) is 66.2 Å². The zero-order valence-corrected chi connectivity index (χ0v) is 12.7. The second-order valence-electron chi connectivity index (χ2n) is 6.38. The molecular formula is C16H24N2S. The van der Waals surface area contributed by atoms with E-state index in [-0.39, 0.29) is 5.54 Å². The standard InChI is InChI=1S/C16H24N2S/c1-16(2)12-18(14-8-9-19-11-14)15(10-17-16)13-6-4-3-5-7-13/h3-7,14-15,17H,8-12H2,1-2H3. The van der Waals surface area contributed by atoms with Crippen molar-refractivity contribution < 1.29 is 0 Å². The van der Waals surface area contributed by atoms with Crippen molar-refractivity contribution in [2.75, 3.05) is 24.6 Å². The molecule has 2 nitrogen and oxygen atoms in total. The minimum Gasteiger partial charge on any atom is -0.309 e. The van der Waals surface area contributed by atoms with Gasteiger partial charge < -0.3 is 5.32 Å². The van der Waals surface area contributed by atoms with Crippen LogP contribution in [-0.2, 0) is 0 Å². The van der Waals surface area contributed by atoms with Gasteiger partial charge in [0.2, 0.25) is 0 Å². The van der Waals surface area contributed by atoms with Crippen LogP contribution in [0.1, 0.15) is 31.9 Å². The van der Waals surface area contributed by atoms with Crippen molar-refractivity contribution >= 4 is 11.8 Å². The van der Waals surface area contributed by atoms with E-state index in [4.69, 9.17) is 0 Å². The number of thioether (sulfide) groups is 1. The fraction of sp³-hybridized carbons (Fsp3) is 0.625. The van der Waals surface area contributed by atoms with Crippen molar-refractivity contribution in [2.45, 2.75) is 37.9 Å². The van der Waals surface area contributed by atoms with E-state index >= 15 is 0 Å².